The van der Waals surface area contributed by atoms with Gasteiger partial charge >= 0.3 is 5.97 Å². The van der Waals surface area contributed by atoms with Gasteiger partial charge in [0, 0.05) is 43.7 Å². The van der Waals surface area contributed by atoms with Gasteiger partial charge in [-0.25, -0.2) is 4.98 Å². The number of anilines is 1. The molecule has 9 nitrogen and oxygen atoms in total. The van der Waals surface area contributed by atoms with E-state index in [1.807, 2.05) is 43.5 Å². The van der Waals surface area contributed by atoms with Crippen LogP contribution in [-0.2, 0) is 16.2 Å². The third kappa shape index (κ3) is 6.07. The van der Waals surface area contributed by atoms with Crippen LogP contribution in [-0.4, -0.2) is 66.5 Å². The van der Waals surface area contributed by atoms with E-state index in [1.54, 1.807) is 31.5 Å². The van der Waals surface area contributed by atoms with Crippen molar-refractivity contribution < 1.29 is 24.2 Å². The Kier molecular flexibility index (Phi) is 8.30. The average Bonchev–Trinajstić information content (AvgIpc) is 3.55. The predicted octanol–water partition coefficient (Wildman–Crippen LogP) is 4.37. The highest BCUT2D eigenvalue weighted by Crippen LogP contribution is 2.44. The van der Waals surface area contributed by atoms with Gasteiger partial charge in [-0.15, -0.1) is 11.3 Å². The number of aliphatic carboxylic acids is 1. The highest BCUT2D eigenvalue weighted by molar-refractivity contribution is 7.14. The number of amides is 2. The molecule has 1 aromatic heterocycles. The summed E-state index contributed by atoms with van der Waals surface area (Å²) in [5.74, 6) is -0.259. The van der Waals surface area contributed by atoms with Crippen molar-refractivity contribution in [3.63, 3.8) is 0 Å². The summed E-state index contributed by atoms with van der Waals surface area (Å²) in [7, 11) is 3.15. The van der Waals surface area contributed by atoms with Crippen LogP contribution in [0.25, 0.3) is 11.3 Å². The molecule has 1 saturated heterocycles. The lowest BCUT2D eigenvalue weighted by Crippen LogP contribution is -2.44. The maximum Gasteiger partial charge on any atom is 0.307 e. The summed E-state index contributed by atoms with van der Waals surface area (Å²) < 4.78 is 6.31. The van der Waals surface area contributed by atoms with Crippen LogP contribution < -0.4 is 15.0 Å². The molecule has 5 rings (SSSR count). The van der Waals surface area contributed by atoms with Gasteiger partial charge in [0.25, 0.3) is 5.91 Å². The molecule has 10 heteroatoms. The Balaban J connectivity index is 1.29. The summed E-state index contributed by atoms with van der Waals surface area (Å²) in [6.07, 6.45) is 1.93. The number of aryl methyl sites for hydroxylation is 2. The van der Waals surface area contributed by atoms with Crippen LogP contribution in [0, 0.1) is 31.6 Å². The Morgan fingerprint density at radius 3 is 2.51 bits per heavy atom. The molecule has 3 aromatic rings. The molecule has 1 aliphatic heterocycles. The summed E-state index contributed by atoms with van der Waals surface area (Å²) in [5, 5.41) is 15.2. The topological polar surface area (TPSA) is 112 Å². The van der Waals surface area contributed by atoms with Crippen molar-refractivity contribution in [1.29, 1.82) is 0 Å². The third-order valence-electron chi connectivity index (χ3n) is 8.27. The smallest absolute Gasteiger partial charge is 0.307 e. The number of ether oxygens (including phenoxy) is 1. The number of thiazole rings is 1. The maximum absolute atomic E-state index is 12.8. The Morgan fingerprint density at radius 2 is 1.85 bits per heavy atom. The number of benzene rings is 2. The first kappa shape index (κ1) is 28.6. The fourth-order valence-electron chi connectivity index (χ4n) is 6.02. The van der Waals surface area contributed by atoms with Crippen LogP contribution in [0.1, 0.15) is 39.9 Å². The van der Waals surface area contributed by atoms with Gasteiger partial charge in [-0.3, -0.25) is 14.4 Å². The number of hydrogen-bond acceptors (Lipinski definition) is 7. The molecule has 2 N–H and O–H groups in total. The van der Waals surface area contributed by atoms with E-state index < -0.39 is 5.97 Å². The number of carboxylic acid groups (broad SMARTS) is 1. The third-order valence-corrected chi connectivity index (χ3v) is 9.17. The quantitative estimate of drug-likeness (QED) is 0.389. The molecule has 2 unspecified atom stereocenters. The predicted molar refractivity (Wildman–Crippen MR) is 158 cm³/mol. The number of nitrogens with one attached hydrogen (secondary N) is 1. The number of rotatable bonds is 9. The van der Waals surface area contributed by atoms with Crippen molar-refractivity contribution in [2.24, 2.45) is 17.8 Å². The Hall–Kier alpha value is -3.92. The largest absolute Gasteiger partial charge is 0.488 e. The minimum atomic E-state index is -0.664. The fourth-order valence-corrected chi connectivity index (χ4v) is 6.86. The van der Waals surface area contributed by atoms with Gasteiger partial charge in [0.15, 0.2) is 5.13 Å². The lowest BCUT2D eigenvalue weighted by Gasteiger charge is -2.35. The average molecular weight is 577 g/mol. The van der Waals surface area contributed by atoms with E-state index in [-0.39, 0.29) is 36.1 Å². The van der Waals surface area contributed by atoms with Gasteiger partial charge in [-0.1, -0.05) is 17.7 Å². The number of hydrogen-bond donors (Lipinski definition) is 2. The van der Waals surface area contributed by atoms with Crippen LogP contribution in [0.15, 0.2) is 41.8 Å². The number of fused-ring (bicyclic) bond motifs is 2. The van der Waals surface area contributed by atoms with E-state index in [0.717, 1.165) is 64.8 Å². The molecule has 2 bridgehead atoms. The first-order valence-corrected chi connectivity index (χ1v) is 14.7. The highest BCUT2D eigenvalue weighted by atomic mass is 32.1. The molecule has 216 valence electrons. The van der Waals surface area contributed by atoms with Crippen molar-refractivity contribution in [3.05, 3.63) is 64.0 Å². The SMILES string of the molecule is CNC(=O)CN(C)C(=O)c1ccc(COc2ccc(C)cc2-c2csc(N3CC4CC[C@H](C3)C4C(=O)O)n2)c(C)c1. The second-order valence-corrected chi connectivity index (χ2v) is 12.0. The van der Waals surface area contributed by atoms with E-state index in [1.165, 1.54) is 4.90 Å². The minimum absolute atomic E-state index is 0.00441. The standard InChI is InChI=1S/C31H36N4O5S/c1-18-5-10-26(40-16-23-9-6-20(12-19(23)2)29(37)34(4)15-27(36)32-3)24(11-18)25-17-41-31(33-25)35-13-21-7-8-22(14-35)28(21)30(38)39/h5-6,9-12,17,21-22,28H,7-8,13-16H2,1-4H3,(H,32,36)(H,38,39)/t21-,22?,28?/m1/s1. The Labute approximate surface area is 244 Å². The van der Waals surface area contributed by atoms with Gasteiger partial charge < -0.3 is 25.0 Å². The summed E-state index contributed by atoms with van der Waals surface area (Å²) >= 11 is 1.59. The van der Waals surface area contributed by atoms with Gasteiger partial charge in [0.2, 0.25) is 5.91 Å². The van der Waals surface area contributed by atoms with Crippen molar-refractivity contribution >= 4 is 34.3 Å². The van der Waals surface area contributed by atoms with Crippen molar-refractivity contribution in [2.45, 2.75) is 33.3 Å². The molecule has 2 fully saturated rings. The molecular weight excluding hydrogens is 540 g/mol. The molecule has 2 aliphatic rings. The van der Waals surface area contributed by atoms with Crippen LogP contribution in [0.5, 0.6) is 5.75 Å². The van der Waals surface area contributed by atoms with E-state index >= 15 is 0 Å². The molecule has 2 heterocycles. The number of nitrogens with zero attached hydrogens (tertiary/aromatic N) is 3. The van der Waals surface area contributed by atoms with Gasteiger partial charge in [0.1, 0.15) is 12.4 Å². The first-order valence-electron chi connectivity index (χ1n) is 13.9. The second-order valence-electron chi connectivity index (χ2n) is 11.1. The summed E-state index contributed by atoms with van der Waals surface area (Å²) in [6.45, 7) is 5.77. The molecule has 2 aromatic carbocycles. The highest BCUT2D eigenvalue weighted by Gasteiger charge is 2.46. The van der Waals surface area contributed by atoms with Crippen LogP contribution in [0.3, 0.4) is 0 Å². The normalized spacial score (nSPS) is 19.6. The number of likely N-dealkylation sites (N-methyl/N-ethyl adjacent to an activating group) is 2. The first-order chi connectivity index (χ1) is 19.6. The number of aromatic nitrogens is 1. The summed E-state index contributed by atoms with van der Waals surface area (Å²) in [6, 6.07) is 11.5. The number of carbonyl (C=O) groups is 3. The maximum atomic E-state index is 12.8. The minimum Gasteiger partial charge on any atom is -0.488 e. The van der Waals surface area contributed by atoms with Gasteiger partial charge in [-0.05, 0) is 73.9 Å². The van der Waals surface area contributed by atoms with E-state index in [0.29, 0.717) is 12.2 Å². The van der Waals surface area contributed by atoms with E-state index in [2.05, 4.69) is 16.3 Å². The molecular formula is C31H36N4O5S. The summed E-state index contributed by atoms with van der Waals surface area (Å²) in [5.41, 5.74) is 5.25. The van der Waals surface area contributed by atoms with Gasteiger partial charge in [0.05, 0.1) is 18.2 Å². The Bertz CT molecular complexity index is 1460. The van der Waals surface area contributed by atoms with Crippen LogP contribution in [0.2, 0.25) is 0 Å². The van der Waals surface area contributed by atoms with Crippen molar-refractivity contribution in [3.8, 4) is 17.0 Å². The zero-order valence-corrected chi connectivity index (χ0v) is 24.7. The molecule has 1 aliphatic carbocycles. The number of carbonyl (C=O) groups excluding carboxylic acids is 2. The van der Waals surface area contributed by atoms with Crippen molar-refractivity contribution in [2.75, 3.05) is 38.6 Å². The zero-order valence-electron chi connectivity index (χ0n) is 23.8. The number of piperidine rings is 1. The van der Waals surface area contributed by atoms with E-state index in [9.17, 15) is 19.5 Å². The summed E-state index contributed by atoms with van der Waals surface area (Å²) in [4.78, 5) is 44.8. The van der Waals surface area contributed by atoms with E-state index in [4.69, 9.17) is 9.72 Å². The van der Waals surface area contributed by atoms with Crippen LogP contribution in [0.4, 0.5) is 5.13 Å². The van der Waals surface area contributed by atoms with Crippen molar-refractivity contribution in [1.82, 2.24) is 15.2 Å². The second kappa shape index (κ2) is 11.9. The molecule has 2 amide bonds. The molecule has 3 atom stereocenters. The lowest BCUT2D eigenvalue weighted by molar-refractivity contribution is -0.144. The monoisotopic (exact) mass is 576 g/mol. The lowest BCUT2D eigenvalue weighted by atomic mass is 9.85. The molecule has 41 heavy (non-hydrogen) atoms. The fraction of sp³-hybridized carbons (Fsp3) is 0.419. The zero-order chi connectivity index (χ0) is 29.3. The molecule has 0 spiro atoms. The van der Waals surface area contributed by atoms with Crippen LogP contribution >= 0.6 is 11.3 Å². The molecule has 1 saturated carbocycles. The Morgan fingerprint density at radius 1 is 1.12 bits per heavy atom. The van der Waals surface area contributed by atoms with Gasteiger partial charge in [-0.2, -0.15) is 0 Å². The number of carboxylic acids is 1. The molecule has 0 radical (unpaired) electrons.